The molecule has 3 amide bonds. The maximum absolute atomic E-state index is 13.5. The van der Waals surface area contributed by atoms with Crippen LogP contribution in [0, 0.1) is 0 Å². The number of aromatic nitrogens is 2. The maximum Gasteiger partial charge on any atom is 0.412 e. The van der Waals surface area contributed by atoms with E-state index in [-0.39, 0.29) is 30.7 Å². The maximum atomic E-state index is 13.5. The number of urea groups is 1. The third-order valence-electron chi connectivity index (χ3n) is 7.58. The number of hydrogen-bond acceptors (Lipinski definition) is 10. The molecule has 0 fully saturated rings. The van der Waals surface area contributed by atoms with Crippen molar-refractivity contribution in [2.24, 2.45) is 0 Å². The lowest BCUT2D eigenvalue weighted by Gasteiger charge is -2.29. The Morgan fingerprint density at radius 2 is 1.72 bits per heavy atom. The highest BCUT2D eigenvalue weighted by Crippen LogP contribution is 2.34. The Morgan fingerprint density at radius 3 is 2.52 bits per heavy atom. The first-order valence-electron chi connectivity index (χ1n) is 16.1. The average Bonchev–Trinajstić information content (AvgIpc) is 3.51. The van der Waals surface area contributed by atoms with Crippen LogP contribution in [-0.4, -0.2) is 60.5 Å². The molecule has 0 atom stereocenters. The predicted molar refractivity (Wildman–Crippen MR) is 193 cm³/mol. The number of methoxy groups -OCH3 is 1. The summed E-state index contributed by atoms with van der Waals surface area (Å²) in [7, 11) is 1.28. The number of benzene rings is 3. The van der Waals surface area contributed by atoms with E-state index in [4.69, 9.17) is 18.9 Å². The normalized spacial score (nSPS) is 12.5. The number of amides is 3. The van der Waals surface area contributed by atoms with Crippen LogP contribution in [-0.2, 0) is 15.9 Å². The van der Waals surface area contributed by atoms with Crippen LogP contribution in [0.5, 0.6) is 11.5 Å². The molecule has 5 aromatic rings. The van der Waals surface area contributed by atoms with Crippen LogP contribution in [0.15, 0.2) is 78.9 Å². The van der Waals surface area contributed by atoms with Gasteiger partial charge in [-0.05, 0) is 81.6 Å². The zero-order chi connectivity index (χ0) is 35.3. The molecule has 1 aliphatic rings. The number of ether oxygens (including phenoxy) is 4. The molecule has 2 aromatic heterocycles. The molecule has 0 radical (unpaired) electrons. The second-order valence-electron chi connectivity index (χ2n) is 12.4. The fraction of sp³-hybridized carbons (Fsp3) is 0.270. The SMILES string of the molecule is COC(=O)c1nc(-c2ccc3c(c2)N(C(=O)Nc2nc4ccccc4s2)CCC3)ccc1OCCOc1cccc(NC(=O)OC(C)(C)C)c1. The number of hydrogen-bond donors (Lipinski definition) is 2. The van der Waals surface area contributed by atoms with Crippen molar-refractivity contribution < 1.29 is 33.3 Å². The molecule has 0 saturated carbocycles. The van der Waals surface area contributed by atoms with Crippen molar-refractivity contribution in [2.45, 2.75) is 39.2 Å². The van der Waals surface area contributed by atoms with Gasteiger partial charge >= 0.3 is 18.1 Å². The molecule has 1 aliphatic heterocycles. The van der Waals surface area contributed by atoms with Crippen molar-refractivity contribution in [3.05, 3.63) is 90.1 Å². The highest BCUT2D eigenvalue weighted by molar-refractivity contribution is 7.22. The Morgan fingerprint density at radius 1 is 0.900 bits per heavy atom. The largest absolute Gasteiger partial charge is 0.490 e. The number of thiazole rings is 1. The second-order valence-corrected chi connectivity index (χ2v) is 13.4. The van der Waals surface area contributed by atoms with Gasteiger partial charge in [-0.2, -0.15) is 0 Å². The fourth-order valence-electron chi connectivity index (χ4n) is 5.39. The third-order valence-corrected chi connectivity index (χ3v) is 8.53. The summed E-state index contributed by atoms with van der Waals surface area (Å²) in [5.41, 5.74) is 3.80. The number of esters is 1. The van der Waals surface area contributed by atoms with Gasteiger partial charge in [0.05, 0.1) is 23.0 Å². The van der Waals surface area contributed by atoms with Crippen molar-refractivity contribution in [1.82, 2.24) is 9.97 Å². The van der Waals surface area contributed by atoms with Gasteiger partial charge in [0, 0.05) is 29.5 Å². The summed E-state index contributed by atoms with van der Waals surface area (Å²) < 4.78 is 23.0. The standard InChI is InChI=1S/C37H37N5O7S/c1-37(2,3)49-36(45)38-25-10-7-11-26(22-25)47-19-20-48-30-17-16-27(39-32(30)33(43)46-4)24-15-14-23-9-8-18-42(29(23)21-24)35(44)41-34-40-28-12-5-6-13-31(28)50-34/h5-7,10-17,21-22H,8-9,18-20H2,1-4H3,(H,38,45)(H,40,41,44). The summed E-state index contributed by atoms with van der Waals surface area (Å²) >= 11 is 1.43. The Bertz CT molecular complexity index is 2010. The van der Waals surface area contributed by atoms with Gasteiger partial charge in [0.25, 0.3) is 0 Å². The number of rotatable bonds is 9. The molecule has 6 rings (SSSR count). The summed E-state index contributed by atoms with van der Waals surface area (Å²) in [6, 6.07) is 23.6. The lowest BCUT2D eigenvalue weighted by Crippen LogP contribution is -2.38. The Hall–Kier alpha value is -5.69. The van der Waals surface area contributed by atoms with E-state index in [9.17, 15) is 14.4 Å². The molecule has 0 bridgehead atoms. The molecule has 13 heteroatoms. The molecular weight excluding hydrogens is 659 g/mol. The number of nitrogens with one attached hydrogen (secondary N) is 2. The summed E-state index contributed by atoms with van der Waals surface area (Å²) in [5.74, 6) is 0.0943. The van der Waals surface area contributed by atoms with E-state index in [1.54, 1.807) is 62.1 Å². The van der Waals surface area contributed by atoms with Gasteiger partial charge in [-0.1, -0.05) is 41.7 Å². The second kappa shape index (κ2) is 14.8. The van der Waals surface area contributed by atoms with Crippen LogP contribution in [0.2, 0.25) is 0 Å². The molecular formula is C37H37N5O7S. The molecule has 0 unspecified atom stereocenters. The number of fused-ring (bicyclic) bond motifs is 2. The van der Waals surface area contributed by atoms with Gasteiger partial charge in [0.2, 0.25) is 0 Å². The first kappa shape index (κ1) is 34.2. The van der Waals surface area contributed by atoms with E-state index in [0.717, 1.165) is 39.9 Å². The topological polar surface area (TPSA) is 141 Å². The number of para-hydroxylation sites is 1. The first-order chi connectivity index (χ1) is 24.1. The molecule has 258 valence electrons. The van der Waals surface area contributed by atoms with Gasteiger partial charge in [-0.25, -0.2) is 24.4 Å². The van der Waals surface area contributed by atoms with Crippen LogP contribution in [0.1, 0.15) is 43.2 Å². The zero-order valence-corrected chi connectivity index (χ0v) is 29.0. The summed E-state index contributed by atoms with van der Waals surface area (Å²) in [6.07, 6.45) is 1.10. The predicted octanol–water partition coefficient (Wildman–Crippen LogP) is 7.93. The molecule has 12 nitrogen and oxygen atoms in total. The monoisotopic (exact) mass is 695 g/mol. The van der Waals surface area contributed by atoms with E-state index < -0.39 is 17.7 Å². The minimum absolute atomic E-state index is 0.0108. The minimum atomic E-state index is -0.654. The van der Waals surface area contributed by atoms with E-state index in [2.05, 4.69) is 20.6 Å². The number of carbonyl (C=O) groups is 3. The van der Waals surface area contributed by atoms with Gasteiger partial charge in [0.15, 0.2) is 16.6 Å². The van der Waals surface area contributed by atoms with Gasteiger partial charge < -0.3 is 18.9 Å². The van der Waals surface area contributed by atoms with Crippen molar-refractivity contribution in [2.75, 3.05) is 42.4 Å². The smallest absolute Gasteiger partial charge is 0.412 e. The number of anilines is 3. The summed E-state index contributed by atoms with van der Waals surface area (Å²) in [4.78, 5) is 49.2. The summed E-state index contributed by atoms with van der Waals surface area (Å²) in [5, 5.41) is 6.18. The van der Waals surface area contributed by atoms with Crippen LogP contribution >= 0.6 is 11.3 Å². The van der Waals surface area contributed by atoms with Crippen molar-refractivity contribution >= 4 is 56.2 Å². The number of pyridine rings is 1. The van der Waals surface area contributed by atoms with E-state index in [1.807, 2.05) is 42.5 Å². The molecule has 0 aliphatic carbocycles. The van der Waals surface area contributed by atoms with Crippen molar-refractivity contribution in [1.29, 1.82) is 0 Å². The van der Waals surface area contributed by atoms with Gasteiger partial charge in [-0.3, -0.25) is 15.5 Å². The lowest BCUT2D eigenvalue weighted by atomic mass is 9.98. The number of aryl methyl sites for hydroxylation is 1. The number of nitrogens with zero attached hydrogens (tertiary/aromatic N) is 3. The molecule has 2 N–H and O–H groups in total. The van der Waals surface area contributed by atoms with Crippen molar-refractivity contribution in [3.63, 3.8) is 0 Å². The highest BCUT2D eigenvalue weighted by atomic mass is 32.1. The van der Waals surface area contributed by atoms with Crippen LogP contribution < -0.4 is 25.0 Å². The number of carbonyl (C=O) groups excluding carboxylic acids is 3. The molecule has 0 saturated heterocycles. The molecule has 50 heavy (non-hydrogen) atoms. The van der Waals surface area contributed by atoms with Crippen LogP contribution in [0.4, 0.5) is 26.1 Å². The first-order valence-corrected chi connectivity index (χ1v) is 16.9. The lowest BCUT2D eigenvalue weighted by molar-refractivity contribution is 0.0585. The Balaban J connectivity index is 1.13. The van der Waals surface area contributed by atoms with Gasteiger partial charge in [0.1, 0.15) is 24.6 Å². The fourth-order valence-corrected chi connectivity index (χ4v) is 6.25. The van der Waals surface area contributed by atoms with Crippen LogP contribution in [0.25, 0.3) is 21.5 Å². The Labute approximate surface area is 293 Å². The van der Waals surface area contributed by atoms with E-state index in [1.165, 1.54) is 18.4 Å². The zero-order valence-electron chi connectivity index (χ0n) is 28.1. The molecule has 3 heterocycles. The quantitative estimate of drug-likeness (QED) is 0.116. The summed E-state index contributed by atoms with van der Waals surface area (Å²) in [6.45, 7) is 6.17. The van der Waals surface area contributed by atoms with Crippen molar-refractivity contribution in [3.8, 4) is 22.8 Å². The van der Waals surface area contributed by atoms with E-state index in [0.29, 0.717) is 28.8 Å². The highest BCUT2D eigenvalue weighted by Gasteiger charge is 2.25. The molecule has 0 spiro atoms. The van der Waals surface area contributed by atoms with Gasteiger partial charge in [-0.15, -0.1) is 0 Å². The Kier molecular flexibility index (Phi) is 10.1. The average molecular weight is 696 g/mol. The molecule has 3 aromatic carbocycles. The van der Waals surface area contributed by atoms with Crippen LogP contribution in [0.3, 0.4) is 0 Å². The van der Waals surface area contributed by atoms with E-state index >= 15 is 0 Å². The minimum Gasteiger partial charge on any atom is -0.490 e. The third kappa shape index (κ3) is 8.29.